The molecule has 0 radical (unpaired) electrons. The van der Waals surface area contributed by atoms with Crippen LogP contribution in [0.2, 0.25) is 0 Å². The van der Waals surface area contributed by atoms with Gasteiger partial charge in [-0.3, -0.25) is 9.88 Å². The van der Waals surface area contributed by atoms with Gasteiger partial charge in [-0.25, -0.2) is 9.18 Å². The van der Waals surface area contributed by atoms with Crippen LogP contribution in [0, 0.1) is 5.82 Å². The van der Waals surface area contributed by atoms with E-state index in [1.165, 1.54) is 13.2 Å². The maximum Gasteiger partial charge on any atom is 0.340 e. The minimum absolute atomic E-state index is 0.171. The maximum absolute atomic E-state index is 14.7. The summed E-state index contributed by atoms with van der Waals surface area (Å²) in [5, 5.41) is 0. The van der Waals surface area contributed by atoms with Gasteiger partial charge in [-0.15, -0.1) is 0 Å². The molecule has 0 bridgehead atoms. The van der Waals surface area contributed by atoms with Crippen LogP contribution in [0.1, 0.15) is 32.7 Å². The Morgan fingerprint density at radius 3 is 2.11 bits per heavy atom. The molecule has 4 rings (SSSR count). The molecule has 0 aliphatic rings. The molecule has 4 aromatic rings. The van der Waals surface area contributed by atoms with Crippen molar-refractivity contribution >= 4 is 12.0 Å². The second kappa shape index (κ2) is 12.6. The quantitative estimate of drug-likeness (QED) is 0.249. The van der Waals surface area contributed by atoms with Gasteiger partial charge in [-0.2, -0.15) is 0 Å². The van der Waals surface area contributed by atoms with E-state index in [2.05, 4.69) is 34.1 Å². The molecule has 0 saturated heterocycles. The standard InChI is InChI=1S/C31H29FN2O2/c1-36-31(35)28-16-10-20-33-30(28)19-18-27(21-26-15-8-9-17-29(26)32)34(22-24-11-4-2-5-12-24)23-25-13-6-3-7-14-25/h2-20,27H,21-23H2,1H3/t27-/m0/s1. The van der Waals surface area contributed by atoms with Gasteiger partial charge in [-0.05, 0) is 47.4 Å². The smallest absolute Gasteiger partial charge is 0.340 e. The van der Waals surface area contributed by atoms with Crippen LogP contribution in [0.5, 0.6) is 0 Å². The molecule has 4 nitrogen and oxygen atoms in total. The first kappa shape index (κ1) is 25.0. The van der Waals surface area contributed by atoms with Gasteiger partial charge >= 0.3 is 5.97 Å². The van der Waals surface area contributed by atoms with Crippen molar-refractivity contribution < 1.29 is 13.9 Å². The molecular weight excluding hydrogens is 451 g/mol. The summed E-state index contributed by atoms with van der Waals surface area (Å²) in [6.07, 6.45) is 5.95. The van der Waals surface area contributed by atoms with Crippen molar-refractivity contribution in [1.82, 2.24) is 9.88 Å². The third-order valence-corrected chi connectivity index (χ3v) is 6.03. The highest BCUT2D eigenvalue weighted by molar-refractivity contribution is 5.92. The topological polar surface area (TPSA) is 42.4 Å². The highest BCUT2D eigenvalue weighted by Crippen LogP contribution is 2.21. The minimum Gasteiger partial charge on any atom is -0.465 e. The summed E-state index contributed by atoms with van der Waals surface area (Å²) >= 11 is 0. The fraction of sp³-hybridized carbons (Fsp3) is 0.161. The number of benzene rings is 3. The molecule has 1 heterocycles. The lowest BCUT2D eigenvalue weighted by atomic mass is 10.0. The van der Waals surface area contributed by atoms with Crippen molar-refractivity contribution in [3.05, 3.63) is 143 Å². The van der Waals surface area contributed by atoms with E-state index in [1.54, 1.807) is 24.4 Å². The van der Waals surface area contributed by atoms with Crippen molar-refractivity contribution in [2.75, 3.05) is 7.11 Å². The van der Waals surface area contributed by atoms with E-state index in [-0.39, 0.29) is 11.9 Å². The van der Waals surface area contributed by atoms with Crippen molar-refractivity contribution in [2.24, 2.45) is 0 Å². The third-order valence-electron chi connectivity index (χ3n) is 6.03. The van der Waals surface area contributed by atoms with Crippen LogP contribution in [0.25, 0.3) is 6.08 Å². The van der Waals surface area contributed by atoms with Crippen LogP contribution in [0.3, 0.4) is 0 Å². The molecule has 0 unspecified atom stereocenters. The van der Waals surface area contributed by atoms with E-state index in [4.69, 9.17) is 4.74 Å². The van der Waals surface area contributed by atoms with E-state index in [0.717, 1.165) is 11.1 Å². The first-order chi connectivity index (χ1) is 17.6. The SMILES string of the molecule is COC(=O)c1cccnc1C=C[C@@H](Cc1ccccc1F)N(Cc1ccccc1)Cc1ccccc1. The van der Waals surface area contributed by atoms with Crippen molar-refractivity contribution in [3.8, 4) is 0 Å². The van der Waals surface area contributed by atoms with E-state index >= 15 is 0 Å². The molecule has 0 amide bonds. The molecule has 36 heavy (non-hydrogen) atoms. The summed E-state index contributed by atoms with van der Waals surface area (Å²) in [6, 6.07) is 30.5. The lowest BCUT2D eigenvalue weighted by Gasteiger charge is -2.30. The van der Waals surface area contributed by atoms with Crippen molar-refractivity contribution in [3.63, 3.8) is 0 Å². The normalized spacial score (nSPS) is 12.1. The summed E-state index contributed by atoms with van der Waals surface area (Å²) in [5.74, 6) is -0.679. The first-order valence-corrected chi connectivity index (χ1v) is 11.9. The molecule has 182 valence electrons. The number of hydrogen-bond donors (Lipinski definition) is 0. The molecule has 0 spiro atoms. The fourth-order valence-corrected chi connectivity index (χ4v) is 4.17. The molecule has 3 aromatic carbocycles. The molecule has 1 aromatic heterocycles. The number of rotatable bonds is 10. The number of halogens is 1. The van der Waals surface area contributed by atoms with Gasteiger partial charge in [0.15, 0.2) is 0 Å². The number of methoxy groups -OCH3 is 1. The molecule has 0 N–H and O–H groups in total. The van der Waals surface area contributed by atoms with Crippen LogP contribution in [0.4, 0.5) is 4.39 Å². The fourth-order valence-electron chi connectivity index (χ4n) is 4.17. The number of pyridine rings is 1. The average Bonchev–Trinajstić information content (AvgIpc) is 2.92. The second-order valence-electron chi connectivity index (χ2n) is 8.53. The number of carbonyl (C=O) groups excluding carboxylic acids is 1. The number of ether oxygens (including phenoxy) is 1. The first-order valence-electron chi connectivity index (χ1n) is 11.9. The van der Waals surface area contributed by atoms with Crippen LogP contribution in [-0.2, 0) is 24.2 Å². The van der Waals surface area contributed by atoms with Crippen LogP contribution < -0.4 is 0 Å². The monoisotopic (exact) mass is 480 g/mol. The number of hydrogen-bond acceptors (Lipinski definition) is 4. The summed E-state index contributed by atoms with van der Waals surface area (Å²) < 4.78 is 19.7. The van der Waals surface area contributed by atoms with Crippen LogP contribution in [0.15, 0.2) is 109 Å². The number of esters is 1. The summed E-state index contributed by atoms with van der Waals surface area (Å²) in [7, 11) is 1.35. The van der Waals surface area contributed by atoms with E-state index < -0.39 is 5.97 Å². The van der Waals surface area contributed by atoms with E-state index in [9.17, 15) is 9.18 Å². The lowest BCUT2D eigenvalue weighted by molar-refractivity contribution is 0.0600. The zero-order valence-corrected chi connectivity index (χ0v) is 20.3. The van der Waals surface area contributed by atoms with E-state index in [1.807, 2.05) is 60.7 Å². The van der Waals surface area contributed by atoms with Gasteiger partial charge in [0.1, 0.15) is 5.82 Å². The van der Waals surface area contributed by atoms with Gasteiger partial charge in [0, 0.05) is 25.3 Å². The largest absolute Gasteiger partial charge is 0.465 e. The Morgan fingerprint density at radius 2 is 1.50 bits per heavy atom. The Balaban J connectivity index is 1.73. The molecule has 0 aliphatic heterocycles. The Bertz CT molecular complexity index is 1250. The Morgan fingerprint density at radius 1 is 0.889 bits per heavy atom. The van der Waals surface area contributed by atoms with Crippen LogP contribution in [-0.4, -0.2) is 29.0 Å². The zero-order valence-electron chi connectivity index (χ0n) is 20.3. The van der Waals surface area contributed by atoms with Gasteiger partial charge in [0.2, 0.25) is 0 Å². The number of carbonyl (C=O) groups is 1. The van der Waals surface area contributed by atoms with Gasteiger partial charge in [0.25, 0.3) is 0 Å². The van der Waals surface area contributed by atoms with Crippen LogP contribution >= 0.6 is 0 Å². The summed E-state index contributed by atoms with van der Waals surface area (Å²) in [6.45, 7) is 1.34. The molecule has 0 aliphatic carbocycles. The summed E-state index contributed by atoms with van der Waals surface area (Å²) in [5.41, 5.74) is 3.86. The molecule has 1 atom stereocenters. The molecular formula is C31H29FN2O2. The van der Waals surface area contributed by atoms with Gasteiger partial charge in [0.05, 0.1) is 18.4 Å². The van der Waals surface area contributed by atoms with Crippen molar-refractivity contribution in [2.45, 2.75) is 25.6 Å². The minimum atomic E-state index is -0.446. The van der Waals surface area contributed by atoms with Crippen molar-refractivity contribution in [1.29, 1.82) is 0 Å². The highest BCUT2D eigenvalue weighted by atomic mass is 19.1. The Hall–Kier alpha value is -4.09. The number of nitrogens with zero attached hydrogens (tertiary/aromatic N) is 2. The van der Waals surface area contributed by atoms with Gasteiger partial charge in [-0.1, -0.05) is 84.9 Å². The van der Waals surface area contributed by atoms with Gasteiger partial charge < -0.3 is 4.74 Å². The number of aromatic nitrogens is 1. The molecule has 0 saturated carbocycles. The lowest BCUT2D eigenvalue weighted by Crippen LogP contribution is -2.35. The highest BCUT2D eigenvalue weighted by Gasteiger charge is 2.20. The molecule has 5 heteroatoms. The Labute approximate surface area is 211 Å². The molecule has 0 fully saturated rings. The zero-order chi connectivity index (χ0) is 25.2. The summed E-state index contributed by atoms with van der Waals surface area (Å²) in [4.78, 5) is 19.0. The third kappa shape index (κ3) is 6.74. The maximum atomic E-state index is 14.7. The predicted molar refractivity (Wildman–Crippen MR) is 141 cm³/mol. The average molecular weight is 481 g/mol. The predicted octanol–water partition coefficient (Wildman–Crippen LogP) is 6.33. The van der Waals surface area contributed by atoms with E-state index in [0.29, 0.717) is 36.3 Å². The Kier molecular flexibility index (Phi) is 8.73. The second-order valence-corrected chi connectivity index (χ2v) is 8.53.